The van der Waals surface area contributed by atoms with Crippen LogP contribution in [-0.2, 0) is 5.41 Å². The molecule has 0 unspecified atom stereocenters. The summed E-state index contributed by atoms with van der Waals surface area (Å²) in [5.74, 6) is 0. The Labute approximate surface area is 313 Å². The average Bonchev–Trinajstić information content (AvgIpc) is 3.76. The van der Waals surface area contributed by atoms with Crippen LogP contribution < -0.4 is 0 Å². The highest BCUT2D eigenvalue weighted by Gasteiger charge is 2.35. The summed E-state index contributed by atoms with van der Waals surface area (Å²) in [6, 6.07) is 37.2. The lowest BCUT2D eigenvalue weighted by Crippen LogP contribution is -2.14. The zero-order valence-electron chi connectivity index (χ0n) is 36.5. The van der Waals surface area contributed by atoms with Gasteiger partial charge >= 0.3 is 0 Å². The van der Waals surface area contributed by atoms with Gasteiger partial charge in [-0.2, -0.15) is 0 Å². The van der Waals surface area contributed by atoms with Crippen LogP contribution in [0.25, 0.3) is 98.8 Å². The predicted octanol–water partition coefficient (Wildman–Crippen LogP) is 14.4. The molecule has 10 aromatic rings. The zero-order valence-corrected chi connectivity index (χ0v) is 28.5. The summed E-state index contributed by atoms with van der Waals surface area (Å²) < 4.78 is 79.9. The van der Waals surface area contributed by atoms with Crippen LogP contribution in [0.5, 0.6) is 0 Å². The first-order chi connectivity index (χ1) is 28.9. The Morgan fingerprint density at radius 3 is 1.83 bits per heavy atom. The minimum Gasteiger partial charge on any atom is -0.455 e. The number of furan rings is 1. The van der Waals surface area contributed by atoms with E-state index in [9.17, 15) is 5.48 Å². The van der Waals surface area contributed by atoms with Crippen molar-refractivity contribution in [1.82, 2.24) is 0 Å². The number of benzene rings is 9. The predicted molar refractivity (Wildman–Crippen MR) is 220 cm³/mol. The minimum atomic E-state index is -0.434. The molecule has 52 heavy (non-hydrogen) atoms. The van der Waals surface area contributed by atoms with Crippen LogP contribution >= 0.6 is 0 Å². The third-order valence-corrected chi connectivity index (χ3v) is 11.1. The maximum absolute atomic E-state index is 9.47. The van der Waals surface area contributed by atoms with Crippen molar-refractivity contribution in [2.24, 2.45) is 0 Å². The van der Waals surface area contributed by atoms with E-state index in [0.29, 0.717) is 33.4 Å². The molecular weight excluding hydrogens is 629 g/mol. The Balaban J connectivity index is 1.24. The summed E-state index contributed by atoms with van der Waals surface area (Å²) in [6.07, 6.45) is 0. The molecule has 0 saturated carbocycles. The molecule has 1 nitrogen and oxygen atoms in total. The van der Waals surface area contributed by atoms with Crippen LogP contribution in [0.3, 0.4) is 0 Å². The number of hydrogen-bond donors (Lipinski definition) is 0. The van der Waals surface area contributed by atoms with Gasteiger partial charge in [-0.1, -0.05) is 153 Å². The standard InChI is InChI=1S/C51H34O/c1-51(2)45-21-10-9-16-37(45)43-29-33(23-26-46(43)51)32-13-11-14-34(28-32)48-38-17-5-7-19-40(38)49(41-20-8-6-18-39(41)48)35-24-27-47-44(30-35)42-25-22-31-12-3-4-15-36(31)50(42)52-47/h3-30H,1-2H3/i5D,6D,7D,8D,17D,18D,19D,20D. The van der Waals surface area contributed by atoms with Crippen molar-refractivity contribution in [2.45, 2.75) is 19.3 Å². The van der Waals surface area contributed by atoms with E-state index in [-0.39, 0.29) is 51.1 Å². The lowest BCUT2D eigenvalue weighted by molar-refractivity contribution is 0.660. The van der Waals surface area contributed by atoms with Gasteiger partial charge in [0.25, 0.3) is 0 Å². The molecule has 0 amide bonds. The zero-order chi connectivity index (χ0) is 41.5. The second-order valence-electron chi connectivity index (χ2n) is 14.2. The van der Waals surface area contributed by atoms with Gasteiger partial charge in [-0.25, -0.2) is 0 Å². The number of hydrogen-bond acceptors (Lipinski definition) is 1. The smallest absolute Gasteiger partial charge is 0.143 e. The summed E-state index contributed by atoms with van der Waals surface area (Å²) in [4.78, 5) is 0. The van der Waals surface area contributed by atoms with Crippen LogP contribution in [0.15, 0.2) is 174 Å². The highest BCUT2D eigenvalue weighted by atomic mass is 16.3. The monoisotopic (exact) mass is 670 g/mol. The molecule has 0 atom stereocenters. The Hall–Kier alpha value is -6.44. The summed E-state index contributed by atoms with van der Waals surface area (Å²) in [5.41, 5.74) is 9.52. The molecule has 0 bridgehead atoms. The molecule has 1 aliphatic carbocycles. The van der Waals surface area contributed by atoms with Gasteiger partial charge < -0.3 is 4.42 Å². The Morgan fingerprint density at radius 1 is 0.442 bits per heavy atom. The maximum atomic E-state index is 9.47. The average molecular weight is 671 g/mol. The fourth-order valence-corrected chi connectivity index (χ4v) is 8.62. The highest BCUT2D eigenvalue weighted by Crippen LogP contribution is 2.50. The van der Waals surface area contributed by atoms with Gasteiger partial charge in [0.2, 0.25) is 0 Å². The quantitative estimate of drug-likeness (QED) is 0.171. The van der Waals surface area contributed by atoms with Crippen molar-refractivity contribution in [2.75, 3.05) is 0 Å². The lowest BCUT2D eigenvalue weighted by Gasteiger charge is -2.21. The van der Waals surface area contributed by atoms with Crippen molar-refractivity contribution in [1.29, 1.82) is 0 Å². The molecule has 1 aliphatic rings. The van der Waals surface area contributed by atoms with E-state index < -0.39 is 24.2 Å². The molecule has 0 saturated heterocycles. The van der Waals surface area contributed by atoms with Gasteiger partial charge in [0.05, 0.1) is 11.0 Å². The SMILES string of the molecule is [2H]c1c([2H])c([2H])c2c(-c3ccc4oc5c6ccccc6ccc5c4c3)c3c([2H])c([2H])c([2H])c([2H])c3c(-c3cccc(-c4ccc5c(c4)-c4ccccc4C5(C)C)c3)c2c1[2H]. The van der Waals surface area contributed by atoms with E-state index in [1.165, 1.54) is 16.7 Å². The fraction of sp³-hybridized carbons (Fsp3) is 0.0588. The normalized spacial score (nSPS) is 15.5. The third-order valence-electron chi connectivity index (χ3n) is 11.1. The van der Waals surface area contributed by atoms with Crippen molar-refractivity contribution in [3.63, 3.8) is 0 Å². The molecule has 11 rings (SSSR count). The van der Waals surface area contributed by atoms with E-state index >= 15 is 0 Å². The van der Waals surface area contributed by atoms with Crippen molar-refractivity contribution in [3.05, 3.63) is 181 Å². The van der Waals surface area contributed by atoms with Gasteiger partial charge in [-0.05, 0) is 113 Å². The topological polar surface area (TPSA) is 13.1 Å². The van der Waals surface area contributed by atoms with E-state index in [1.54, 1.807) is 6.07 Å². The van der Waals surface area contributed by atoms with Crippen LogP contribution in [0.2, 0.25) is 0 Å². The molecular formula is C51H34O. The first-order valence-corrected chi connectivity index (χ1v) is 17.5. The molecule has 1 aromatic heterocycles. The highest BCUT2D eigenvalue weighted by molar-refractivity contribution is 6.23. The van der Waals surface area contributed by atoms with E-state index in [2.05, 4.69) is 56.3 Å². The Bertz CT molecular complexity index is 3480. The Kier molecular flexibility index (Phi) is 4.64. The molecule has 0 fully saturated rings. The summed E-state index contributed by atoms with van der Waals surface area (Å²) in [6.45, 7) is 4.47. The van der Waals surface area contributed by atoms with Gasteiger partial charge in [-0.3, -0.25) is 0 Å². The molecule has 0 N–H and O–H groups in total. The molecule has 9 aromatic carbocycles. The molecule has 1 heterocycles. The fourth-order valence-electron chi connectivity index (χ4n) is 8.62. The molecule has 0 spiro atoms. The van der Waals surface area contributed by atoms with Crippen LogP contribution in [0.4, 0.5) is 0 Å². The Morgan fingerprint density at radius 2 is 1.06 bits per heavy atom. The minimum absolute atomic E-state index is 0.165. The van der Waals surface area contributed by atoms with E-state index in [0.717, 1.165) is 38.2 Å². The number of rotatable bonds is 3. The first-order valence-electron chi connectivity index (χ1n) is 21.5. The summed E-state index contributed by atoms with van der Waals surface area (Å²) in [7, 11) is 0. The van der Waals surface area contributed by atoms with Gasteiger partial charge in [0, 0.05) is 21.6 Å². The van der Waals surface area contributed by atoms with E-state index in [4.69, 9.17) is 9.90 Å². The molecule has 0 aliphatic heterocycles. The first kappa shape index (κ1) is 22.4. The van der Waals surface area contributed by atoms with Crippen LogP contribution in [0.1, 0.15) is 35.9 Å². The van der Waals surface area contributed by atoms with Gasteiger partial charge in [0.15, 0.2) is 0 Å². The van der Waals surface area contributed by atoms with Crippen molar-refractivity contribution >= 4 is 54.3 Å². The molecule has 1 heteroatoms. The number of fused-ring (bicyclic) bond motifs is 10. The lowest BCUT2D eigenvalue weighted by atomic mass is 9.82. The summed E-state index contributed by atoms with van der Waals surface area (Å²) in [5, 5.41) is 4.31. The van der Waals surface area contributed by atoms with Crippen molar-refractivity contribution < 1.29 is 15.4 Å². The maximum Gasteiger partial charge on any atom is 0.143 e. The largest absolute Gasteiger partial charge is 0.455 e. The summed E-state index contributed by atoms with van der Waals surface area (Å²) >= 11 is 0. The second-order valence-corrected chi connectivity index (χ2v) is 14.2. The van der Waals surface area contributed by atoms with Gasteiger partial charge in [-0.15, -0.1) is 0 Å². The van der Waals surface area contributed by atoms with E-state index in [1.807, 2.05) is 72.8 Å². The second kappa shape index (κ2) is 10.8. The molecule has 244 valence electrons. The van der Waals surface area contributed by atoms with Crippen LogP contribution in [-0.4, -0.2) is 0 Å². The van der Waals surface area contributed by atoms with Gasteiger partial charge in [0.1, 0.15) is 11.2 Å². The van der Waals surface area contributed by atoms with Crippen LogP contribution in [0, 0.1) is 0 Å². The third kappa shape index (κ3) is 4.11. The molecule has 0 radical (unpaired) electrons. The van der Waals surface area contributed by atoms with Crippen molar-refractivity contribution in [3.8, 4) is 44.5 Å².